The van der Waals surface area contributed by atoms with Crippen molar-refractivity contribution in [1.82, 2.24) is 14.9 Å². The number of aryl methyl sites for hydroxylation is 1. The summed E-state index contributed by atoms with van der Waals surface area (Å²) in [5, 5.41) is 3.61. The lowest BCUT2D eigenvalue weighted by molar-refractivity contribution is 0.490. The second-order valence-corrected chi connectivity index (χ2v) is 5.26. The van der Waals surface area contributed by atoms with Crippen molar-refractivity contribution >= 4 is 11.6 Å². The molecule has 1 N–H and O–H groups in total. The van der Waals surface area contributed by atoms with Gasteiger partial charge < -0.3 is 9.88 Å². The van der Waals surface area contributed by atoms with E-state index in [0.29, 0.717) is 6.42 Å². The number of halogens is 2. The maximum absolute atomic E-state index is 13.5. The first-order valence-corrected chi connectivity index (χ1v) is 7.14. The van der Waals surface area contributed by atoms with Crippen LogP contribution in [-0.4, -0.2) is 16.1 Å². The number of hydrogen-bond acceptors (Lipinski definition) is 2. The van der Waals surface area contributed by atoms with Gasteiger partial charge in [-0.05, 0) is 37.1 Å². The van der Waals surface area contributed by atoms with Crippen LogP contribution in [0.3, 0.4) is 0 Å². The van der Waals surface area contributed by atoms with Gasteiger partial charge in [-0.1, -0.05) is 24.6 Å². The quantitative estimate of drug-likeness (QED) is 0.884. The lowest BCUT2D eigenvalue weighted by atomic mass is 10.0. The van der Waals surface area contributed by atoms with Gasteiger partial charge in [0.25, 0.3) is 0 Å². The Labute approximate surface area is 123 Å². The van der Waals surface area contributed by atoms with Crippen molar-refractivity contribution in [2.45, 2.75) is 25.8 Å². The summed E-state index contributed by atoms with van der Waals surface area (Å²) in [6.45, 7) is 3.01. The zero-order valence-corrected chi connectivity index (χ0v) is 12.5. The number of aromatic nitrogens is 2. The fourth-order valence-corrected chi connectivity index (χ4v) is 2.31. The molecule has 5 heteroatoms. The fraction of sp³-hybridized carbons (Fsp3) is 0.400. The van der Waals surface area contributed by atoms with Crippen LogP contribution in [0.2, 0.25) is 5.02 Å². The summed E-state index contributed by atoms with van der Waals surface area (Å²) in [5.74, 6) is 0.576. The van der Waals surface area contributed by atoms with Crippen LogP contribution in [0.15, 0.2) is 30.6 Å². The molecule has 1 heterocycles. The summed E-state index contributed by atoms with van der Waals surface area (Å²) in [6.07, 6.45) is 5.41. The highest BCUT2D eigenvalue weighted by atomic mass is 35.5. The molecular formula is C15H19ClFN3. The van der Waals surface area contributed by atoms with E-state index in [1.54, 1.807) is 12.3 Å². The van der Waals surface area contributed by atoms with Crippen molar-refractivity contribution in [1.29, 1.82) is 0 Å². The number of nitrogens with zero attached hydrogens (tertiary/aromatic N) is 2. The Hall–Kier alpha value is -1.39. The van der Waals surface area contributed by atoms with Crippen LogP contribution in [0.25, 0.3) is 0 Å². The minimum Gasteiger partial charge on any atom is -0.337 e. The molecule has 1 atom stereocenters. The van der Waals surface area contributed by atoms with Crippen LogP contribution in [0.1, 0.15) is 30.8 Å². The molecule has 1 unspecified atom stereocenters. The maximum Gasteiger partial charge on any atom is 0.142 e. The fourth-order valence-electron chi connectivity index (χ4n) is 2.19. The third-order valence-electron chi connectivity index (χ3n) is 3.23. The molecule has 3 nitrogen and oxygen atoms in total. The highest BCUT2D eigenvalue weighted by molar-refractivity contribution is 6.30. The molecule has 108 valence electrons. The second-order valence-electron chi connectivity index (χ2n) is 4.86. The number of hydrogen-bond donors (Lipinski definition) is 1. The third kappa shape index (κ3) is 3.58. The Balaban J connectivity index is 2.19. The van der Waals surface area contributed by atoms with Gasteiger partial charge >= 0.3 is 0 Å². The van der Waals surface area contributed by atoms with Crippen LogP contribution in [0, 0.1) is 5.82 Å². The van der Waals surface area contributed by atoms with E-state index in [0.717, 1.165) is 24.4 Å². The van der Waals surface area contributed by atoms with Crippen molar-refractivity contribution < 1.29 is 4.39 Å². The highest BCUT2D eigenvalue weighted by Gasteiger charge is 2.16. The third-order valence-corrected chi connectivity index (χ3v) is 3.54. The van der Waals surface area contributed by atoms with Crippen molar-refractivity contribution in [2.75, 3.05) is 6.54 Å². The number of benzene rings is 1. The molecule has 0 spiro atoms. The average molecular weight is 296 g/mol. The maximum atomic E-state index is 13.5. The van der Waals surface area contributed by atoms with Crippen LogP contribution in [0.5, 0.6) is 0 Å². The zero-order chi connectivity index (χ0) is 14.5. The van der Waals surface area contributed by atoms with Crippen molar-refractivity contribution in [2.24, 2.45) is 7.05 Å². The summed E-state index contributed by atoms with van der Waals surface area (Å²) in [5.41, 5.74) is 0.906. The predicted octanol–water partition coefficient (Wildman–Crippen LogP) is 3.50. The van der Waals surface area contributed by atoms with Crippen LogP contribution < -0.4 is 5.32 Å². The predicted molar refractivity (Wildman–Crippen MR) is 79.4 cm³/mol. The van der Waals surface area contributed by atoms with Gasteiger partial charge in [0.2, 0.25) is 0 Å². The Morgan fingerprint density at radius 3 is 2.85 bits per heavy atom. The molecule has 0 bridgehead atoms. The minimum absolute atomic E-state index is 0.0653. The average Bonchev–Trinajstić information content (AvgIpc) is 2.85. The van der Waals surface area contributed by atoms with Gasteiger partial charge in [0, 0.05) is 19.4 Å². The van der Waals surface area contributed by atoms with Gasteiger partial charge in [-0.2, -0.15) is 0 Å². The number of imidazole rings is 1. The van der Waals surface area contributed by atoms with Crippen molar-refractivity contribution in [3.63, 3.8) is 0 Å². The molecule has 0 aliphatic heterocycles. The van der Waals surface area contributed by atoms with Gasteiger partial charge in [0.1, 0.15) is 11.6 Å². The number of nitrogens with one attached hydrogen (secondary N) is 1. The van der Waals surface area contributed by atoms with E-state index in [9.17, 15) is 4.39 Å². The smallest absolute Gasteiger partial charge is 0.142 e. The lowest BCUT2D eigenvalue weighted by Crippen LogP contribution is -2.26. The molecule has 0 aliphatic carbocycles. The molecule has 0 aliphatic rings. The van der Waals surface area contributed by atoms with Gasteiger partial charge in [-0.15, -0.1) is 0 Å². The van der Waals surface area contributed by atoms with E-state index in [4.69, 9.17) is 11.6 Å². The molecule has 0 fully saturated rings. The Morgan fingerprint density at radius 2 is 2.25 bits per heavy atom. The number of rotatable bonds is 6. The summed E-state index contributed by atoms with van der Waals surface area (Å²) in [7, 11) is 1.96. The van der Waals surface area contributed by atoms with Crippen molar-refractivity contribution in [3.8, 4) is 0 Å². The van der Waals surface area contributed by atoms with E-state index >= 15 is 0 Å². The zero-order valence-electron chi connectivity index (χ0n) is 11.7. The summed E-state index contributed by atoms with van der Waals surface area (Å²) >= 11 is 5.72. The molecule has 2 aromatic rings. The monoisotopic (exact) mass is 295 g/mol. The molecule has 0 amide bonds. The molecule has 0 radical (unpaired) electrons. The Kier molecular flexibility index (Phi) is 5.15. The molecule has 20 heavy (non-hydrogen) atoms. The molecule has 2 rings (SSSR count). The summed E-state index contributed by atoms with van der Waals surface area (Å²) in [6, 6.07) is 5.01. The summed E-state index contributed by atoms with van der Waals surface area (Å²) in [4.78, 5) is 4.39. The van der Waals surface area contributed by atoms with Crippen LogP contribution in [-0.2, 0) is 13.5 Å². The van der Waals surface area contributed by atoms with Gasteiger partial charge in [0.15, 0.2) is 0 Å². The minimum atomic E-state index is -0.377. The Bertz CT molecular complexity index is 568. The lowest BCUT2D eigenvalue weighted by Gasteiger charge is -2.18. The van der Waals surface area contributed by atoms with Gasteiger partial charge in [-0.3, -0.25) is 0 Å². The largest absolute Gasteiger partial charge is 0.337 e. The molecule has 0 saturated heterocycles. The normalized spacial score (nSPS) is 12.6. The molecule has 1 aromatic carbocycles. The molecular weight excluding hydrogens is 277 g/mol. The Morgan fingerprint density at radius 1 is 1.45 bits per heavy atom. The van der Waals surface area contributed by atoms with E-state index in [1.165, 1.54) is 6.07 Å². The van der Waals surface area contributed by atoms with E-state index < -0.39 is 0 Å². The van der Waals surface area contributed by atoms with Crippen LogP contribution in [0.4, 0.5) is 4.39 Å². The second kappa shape index (κ2) is 6.86. The topological polar surface area (TPSA) is 29.9 Å². The van der Waals surface area contributed by atoms with Crippen LogP contribution >= 0.6 is 11.6 Å². The van der Waals surface area contributed by atoms with Gasteiger partial charge in [-0.25, -0.2) is 9.37 Å². The first-order valence-electron chi connectivity index (χ1n) is 6.76. The standard InChI is InChI=1S/C15H19ClFN3/c1-3-6-18-14(15-19-7-8-20(15)2)10-11-4-5-12(16)13(17)9-11/h4-5,7-9,14,18H,3,6,10H2,1-2H3. The molecule has 1 aromatic heterocycles. The highest BCUT2D eigenvalue weighted by Crippen LogP contribution is 2.21. The summed E-state index contributed by atoms with van der Waals surface area (Å²) < 4.78 is 15.5. The first-order chi connectivity index (χ1) is 9.61. The molecule has 0 saturated carbocycles. The van der Waals surface area contributed by atoms with Crippen molar-refractivity contribution in [3.05, 3.63) is 52.8 Å². The SMILES string of the molecule is CCCNC(Cc1ccc(Cl)c(F)c1)c1nccn1C. The van der Waals surface area contributed by atoms with E-state index in [-0.39, 0.29) is 16.9 Å². The van der Waals surface area contributed by atoms with Gasteiger partial charge in [0.05, 0.1) is 11.1 Å². The van der Waals surface area contributed by atoms with E-state index in [2.05, 4.69) is 17.2 Å². The van der Waals surface area contributed by atoms with E-state index in [1.807, 2.05) is 23.9 Å². The first kappa shape index (κ1) is 15.0.